The van der Waals surface area contributed by atoms with Crippen molar-refractivity contribution in [3.63, 3.8) is 0 Å². The number of phenols is 1. The smallest absolute Gasteiger partial charge is 0.354 e. The number of hydrazine groups is 1. The molecule has 23 nitrogen and oxygen atoms in total. The monoisotopic (exact) mass is 864 g/mol. The summed E-state index contributed by atoms with van der Waals surface area (Å²) in [5.41, 5.74) is 4.07. The highest BCUT2D eigenvalue weighted by Crippen LogP contribution is 2.43. The van der Waals surface area contributed by atoms with E-state index in [-0.39, 0.29) is 39.3 Å². The van der Waals surface area contributed by atoms with Crippen molar-refractivity contribution in [1.82, 2.24) is 0 Å². The maximum atomic E-state index is 13.4. The van der Waals surface area contributed by atoms with Crippen LogP contribution in [0.2, 0.25) is 0 Å². The number of hydrazone groups is 1. The fourth-order valence-corrected chi connectivity index (χ4v) is 6.97. The van der Waals surface area contributed by atoms with E-state index in [1.165, 1.54) is 43.5 Å². The zero-order chi connectivity index (χ0) is 43.8. The third-order valence-electron chi connectivity index (χ3n) is 8.72. The number of carbonyl (C=O) groups is 3. The van der Waals surface area contributed by atoms with Gasteiger partial charge in [0.1, 0.15) is 27.6 Å². The highest BCUT2D eigenvalue weighted by atomic mass is 32.2. The Balaban J connectivity index is 1.28. The quantitative estimate of drug-likeness (QED) is 0.0312. The molecular weight excluding hydrogens is 837 g/mol. The number of nitro benzene ring substituents is 1. The SMILES string of the molecule is COc1cc(NNc2ccc([N+](=O)[O-])c(C(=O)O)c2)c(C)cc1N=Nc1c(S(=O)(=O)O)cc2cc(NC3C(=O)N(c4ccc(S(=O)(=O)O)cc4)N=C3C(=O)O)ccc2c1O. The lowest BCUT2D eigenvalue weighted by Crippen LogP contribution is -2.40. The molecule has 60 heavy (non-hydrogen) atoms. The van der Waals surface area contributed by atoms with Gasteiger partial charge in [-0.25, -0.2) is 9.59 Å². The van der Waals surface area contributed by atoms with Crippen LogP contribution in [0.3, 0.4) is 0 Å². The number of anilines is 4. The molecule has 310 valence electrons. The number of nitro groups is 1. The number of ether oxygens (including phenoxy) is 1. The van der Waals surface area contributed by atoms with Crippen molar-refractivity contribution < 1.29 is 65.3 Å². The van der Waals surface area contributed by atoms with Crippen molar-refractivity contribution in [1.29, 1.82) is 0 Å². The first-order chi connectivity index (χ1) is 28.2. The molecule has 0 aromatic heterocycles. The number of carboxylic acid groups (broad SMARTS) is 2. The number of hydrogen-bond acceptors (Lipinski definition) is 17. The van der Waals surface area contributed by atoms with Gasteiger partial charge < -0.3 is 36.2 Å². The van der Waals surface area contributed by atoms with Gasteiger partial charge >= 0.3 is 11.9 Å². The molecule has 1 unspecified atom stereocenters. The molecule has 0 spiro atoms. The van der Waals surface area contributed by atoms with Crippen LogP contribution in [-0.2, 0) is 29.8 Å². The molecule has 1 amide bonds. The molecule has 0 fully saturated rings. The molecule has 1 atom stereocenters. The van der Waals surface area contributed by atoms with Crippen molar-refractivity contribution >= 4 is 94.4 Å². The van der Waals surface area contributed by atoms with Crippen LogP contribution in [0.5, 0.6) is 11.5 Å². The molecule has 1 aliphatic rings. The minimum atomic E-state index is -5.12. The number of amides is 1. The summed E-state index contributed by atoms with van der Waals surface area (Å²) in [4.78, 5) is 46.0. The third kappa shape index (κ3) is 8.43. The topological polar surface area (TPSA) is 349 Å². The molecule has 0 bridgehead atoms. The van der Waals surface area contributed by atoms with Crippen molar-refractivity contribution in [3.05, 3.63) is 100 Å². The van der Waals surface area contributed by atoms with Crippen LogP contribution >= 0.6 is 0 Å². The first-order valence-corrected chi connectivity index (χ1v) is 19.5. The summed E-state index contributed by atoms with van der Waals surface area (Å²) in [6.07, 6.45) is 0. The van der Waals surface area contributed by atoms with Gasteiger partial charge in [-0.05, 0) is 84.6 Å². The van der Waals surface area contributed by atoms with Crippen LogP contribution in [0.15, 0.2) is 104 Å². The second-order valence-electron chi connectivity index (χ2n) is 12.6. The molecular formula is C35H28N8O15S2. The number of phenolic OH excluding ortho intramolecular Hbond substituents is 1. The Morgan fingerprint density at radius 3 is 2.17 bits per heavy atom. The number of carboxylic acids is 2. The maximum absolute atomic E-state index is 13.4. The standard InChI is InChI=1S/C35H28N8O15S2/c1-16-11-25(27(58-2)15-24(16)38-37-19-4-10-26(43(50)51)23(14-19)34(46)47)39-40-29-28(60(55,56)57)13-17-12-18(3-9-22(17)32(29)44)36-30-31(35(48)49)41-42(33(30)45)20-5-7-21(8-6-20)59(52,53)54/h3-15,30,36-38,44H,1-2H3,(H,46,47)(H,48,49)(H,52,53,54)(H,55,56,57). The number of benzene rings is 5. The van der Waals surface area contributed by atoms with Crippen molar-refractivity contribution in [3.8, 4) is 11.5 Å². The Bertz CT molecular complexity index is 2940. The maximum Gasteiger partial charge on any atom is 0.354 e. The number of rotatable bonds is 14. The number of aryl methyl sites for hydroxylation is 1. The zero-order valence-corrected chi connectivity index (χ0v) is 32.1. The average Bonchev–Trinajstić information content (AvgIpc) is 3.51. The fourth-order valence-electron chi connectivity index (χ4n) is 5.83. The molecule has 8 N–H and O–H groups in total. The van der Waals surface area contributed by atoms with Gasteiger partial charge in [-0.15, -0.1) is 10.2 Å². The second kappa shape index (κ2) is 15.9. The number of methoxy groups -OCH3 is 1. The van der Waals surface area contributed by atoms with E-state index < -0.39 is 87.2 Å². The van der Waals surface area contributed by atoms with Gasteiger partial charge in [-0.2, -0.15) is 26.9 Å². The summed E-state index contributed by atoms with van der Waals surface area (Å²) in [5.74, 6) is -4.70. The highest BCUT2D eigenvalue weighted by Gasteiger charge is 2.41. The molecule has 1 heterocycles. The van der Waals surface area contributed by atoms with Crippen LogP contribution in [0.1, 0.15) is 15.9 Å². The Morgan fingerprint density at radius 2 is 1.57 bits per heavy atom. The number of fused-ring (bicyclic) bond motifs is 1. The molecule has 0 saturated heterocycles. The lowest BCUT2D eigenvalue weighted by Gasteiger charge is -2.17. The number of aliphatic carboxylic acids is 1. The van der Waals surface area contributed by atoms with E-state index in [0.717, 1.165) is 42.5 Å². The van der Waals surface area contributed by atoms with Gasteiger partial charge in [0.2, 0.25) is 0 Å². The summed E-state index contributed by atoms with van der Waals surface area (Å²) in [6, 6.07) is 13.6. The van der Waals surface area contributed by atoms with Crippen LogP contribution in [0.4, 0.5) is 39.8 Å². The number of nitrogens with zero attached hydrogens (tertiary/aromatic N) is 5. The molecule has 5 aromatic rings. The molecule has 0 saturated carbocycles. The second-order valence-corrected chi connectivity index (χ2v) is 15.4. The molecule has 25 heteroatoms. The minimum absolute atomic E-state index is 0.0154. The van der Waals surface area contributed by atoms with Gasteiger partial charge in [0.15, 0.2) is 17.5 Å². The van der Waals surface area contributed by atoms with Crippen molar-refractivity contribution in [2.75, 3.05) is 28.3 Å². The Kier molecular flexibility index (Phi) is 11.1. The summed E-state index contributed by atoms with van der Waals surface area (Å²) in [5, 5.41) is 56.8. The predicted molar refractivity (Wildman–Crippen MR) is 211 cm³/mol. The van der Waals surface area contributed by atoms with Gasteiger partial charge in [-0.3, -0.25) is 24.0 Å². The number of aromatic carboxylic acids is 1. The normalized spacial score (nSPS) is 14.3. The lowest BCUT2D eigenvalue weighted by atomic mass is 10.1. The largest absolute Gasteiger partial charge is 0.505 e. The number of nitrogens with one attached hydrogen (secondary N) is 3. The molecule has 0 aliphatic carbocycles. The minimum Gasteiger partial charge on any atom is -0.505 e. The van der Waals surface area contributed by atoms with Gasteiger partial charge in [0, 0.05) is 23.2 Å². The Morgan fingerprint density at radius 1 is 0.883 bits per heavy atom. The molecule has 0 radical (unpaired) electrons. The van der Waals surface area contributed by atoms with Crippen molar-refractivity contribution in [2.45, 2.75) is 22.8 Å². The first kappa shape index (κ1) is 41.9. The van der Waals surface area contributed by atoms with E-state index in [2.05, 4.69) is 31.5 Å². The van der Waals surface area contributed by atoms with Gasteiger partial charge in [-0.1, -0.05) is 0 Å². The summed E-state index contributed by atoms with van der Waals surface area (Å²) < 4.78 is 72.8. The summed E-state index contributed by atoms with van der Waals surface area (Å²) >= 11 is 0. The fraction of sp³-hybridized carbons (Fsp3) is 0.0857. The van der Waals surface area contributed by atoms with E-state index in [1.807, 2.05) is 0 Å². The third-order valence-corrected chi connectivity index (χ3v) is 10.5. The van der Waals surface area contributed by atoms with Gasteiger partial charge in [0.25, 0.3) is 31.8 Å². The van der Waals surface area contributed by atoms with E-state index >= 15 is 0 Å². The van der Waals surface area contributed by atoms with E-state index in [1.54, 1.807) is 6.92 Å². The van der Waals surface area contributed by atoms with Crippen LogP contribution in [-0.4, -0.2) is 82.9 Å². The number of azo groups is 1. The van der Waals surface area contributed by atoms with E-state index in [0.29, 0.717) is 16.3 Å². The first-order valence-electron chi connectivity index (χ1n) is 16.6. The van der Waals surface area contributed by atoms with Crippen LogP contribution in [0.25, 0.3) is 10.8 Å². The average molecular weight is 865 g/mol. The molecule has 1 aliphatic heterocycles. The zero-order valence-electron chi connectivity index (χ0n) is 30.5. The molecule has 5 aromatic carbocycles. The van der Waals surface area contributed by atoms with E-state index in [9.17, 15) is 65.8 Å². The van der Waals surface area contributed by atoms with Crippen molar-refractivity contribution in [2.24, 2.45) is 15.3 Å². The number of carbonyl (C=O) groups excluding carboxylic acids is 1. The van der Waals surface area contributed by atoms with Gasteiger partial charge in [0.05, 0.1) is 34.0 Å². The Labute approximate surface area is 336 Å². The number of hydrogen-bond donors (Lipinski definition) is 8. The summed E-state index contributed by atoms with van der Waals surface area (Å²) in [6.45, 7) is 1.62. The number of aromatic hydroxyl groups is 1. The Hall–Kier alpha value is -7.74. The molecule has 6 rings (SSSR count). The van der Waals surface area contributed by atoms with E-state index in [4.69, 9.17) is 4.74 Å². The summed E-state index contributed by atoms with van der Waals surface area (Å²) in [7, 11) is -8.40. The van der Waals surface area contributed by atoms with Crippen LogP contribution < -0.4 is 25.9 Å². The predicted octanol–water partition coefficient (Wildman–Crippen LogP) is 5.08. The highest BCUT2D eigenvalue weighted by molar-refractivity contribution is 7.86. The van der Waals surface area contributed by atoms with Crippen LogP contribution in [0, 0.1) is 17.0 Å². The lowest BCUT2D eigenvalue weighted by molar-refractivity contribution is -0.385.